The molecule has 0 saturated heterocycles. The molecule has 2 heterocycles. The van der Waals surface area contributed by atoms with E-state index >= 15 is 0 Å². The highest BCUT2D eigenvalue weighted by Crippen LogP contribution is 2.33. The highest BCUT2D eigenvalue weighted by molar-refractivity contribution is 7.99. The minimum Gasteiger partial charge on any atom is -0.324 e. The molecule has 0 spiro atoms. The summed E-state index contributed by atoms with van der Waals surface area (Å²) in [6.45, 7) is 1.93. The molecule has 5 heteroatoms. The number of rotatable bonds is 3. The predicted octanol–water partition coefficient (Wildman–Crippen LogP) is 3.30. The van der Waals surface area contributed by atoms with Crippen LogP contribution >= 0.6 is 23.4 Å². The van der Waals surface area contributed by atoms with Crippen molar-refractivity contribution in [2.24, 2.45) is 5.73 Å². The Morgan fingerprint density at radius 1 is 1.18 bits per heavy atom. The summed E-state index contributed by atoms with van der Waals surface area (Å²) in [5.74, 6) is 0. The first-order valence-corrected chi connectivity index (χ1v) is 6.37. The molecular weight excluding hydrogens is 254 g/mol. The van der Waals surface area contributed by atoms with E-state index in [9.17, 15) is 0 Å². The molecule has 2 N–H and O–H groups in total. The molecule has 2 aromatic heterocycles. The van der Waals surface area contributed by atoms with E-state index in [0.717, 1.165) is 15.6 Å². The first-order valence-electron chi connectivity index (χ1n) is 5.17. The molecule has 0 aliphatic rings. The summed E-state index contributed by atoms with van der Waals surface area (Å²) in [6, 6.07) is 7.40. The fourth-order valence-electron chi connectivity index (χ4n) is 1.37. The van der Waals surface area contributed by atoms with Crippen molar-refractivity contribution in [1.29, 1.82) is 0 Å². The monoisotopic (exact) mass is 265 g/mol. The van der Waals surface area contributed by atoms with Gasteiger partial charge < -0.3 is 5.73 Å². The molecule has 0 saturated carbocycles. The Hall–Kier alpha value is -1.10. The number of hydrogen-bond donors (Lipinski definition) is 1. The van der Waals surface area contributed by atoms with Gasteiger partial charge in [-0.25, -0.2) is 9.97 Å². The van der Waals surface area contributed by atoms with E-state index in [1.807, 2.05) is 25.1 Å². The van der Waals surface area contributed by atoms with Crippen LogP contribution in [0.15, 0.2) is 46.7 Å². The number of aromatic nitrogens is 2. The van der Waals surface area contributed by atoms with Crippen LogP contribution in [-0.2, 0) is 0 Å². The van der Waals surface area contributed by atoms with Gasteiger partial charge in [0.25, 0.3) is 0 Å². The van der Waals surface area contributed by atoms with Gasteiger partial charge in [-0.3, -0.25) is 0 Å². The van der Waals surface area contributed by atoms with Crippen LogP contribution in [0.5, 0.6) is 0 Å². The van der Waals surface area contributed by atoms with Gasteiger partial charge in [0, 0.05) is 24.0 Å². The summed E-state index contributed by atoms with van der Waals surface area (Å²) in [4.78, 5) is 8.54. The van der Waals surface area contributed by atoms with Crippen LogP contribution in [-0.4, -0.2) is 9.97 Å². The first kappa shape index (κ1) is 12.4. The standard InChI is InChI=1S/C12H12ClN3S/c1-8(14)9-4-2-6-15-11(9)17-12-10(13)5-3-7-16-12/h2-8H,14H2,1H3/t8-/m1/s1. The molecule has 0 radical (unpaired) electrons. The smallest absolute Gasteiger partial charge is 0.121 e. The minimum absolute atomic E-state index is 0.0614. The third kappa shape index (κ3) is 2.97. The summed E-state index contributed by atoms with van der Waals surface area (Å²) in [7, 11) is 0. The molecule has 0 aliphatic carbocycles. The topological polar surface area (TPSA) is 51.8 Å². The molecule has 2 aromatic rings. The zero-order chi connectivity index (χ0) is 12.3. The molecule has 2 rings (SSSR count). The normalized spacial score (nSPS) is 12.4. The summed E-state index contributed by atoms with van der Waals surface area (Å²) < 4.78 is 0. The zero-order valence-corrected chi connectivity index (χ0v) is 10.9. The Labute approximate surface area is 109 Å². The van der Waals surface area contributed by atoms with Gasteiger partial charge in [0.15, 0.2) is 0 Å². The van der Waals surface area contributed by atoms with Gasteiger partial charge in [0.05, 0.1) is 5.02 Å². The molecule has 0 aliphatic heterocycles. The molecule has 0 fully saturated rings. The minimum atomic E-state index is -0.0614. The Kier molecular flexibility index (Phi) is 3.99. The van der Waals surface area contributed by atoms with Crippen LogP contribution in [0.2, 0.25) is 5.02 Å². The van der Waals surface area contributed by atoms with Gasteiger partial charge in [-0.05, 0) is 36.9 Å². The largest absolute Gasteiger partial charge is 0.324 e. The lowest BCUT2D eigenvalue weighted by molar-refractivity contribution is 0.779. The van der Waals surface area contributed by atoms with Gasteiger partial charge in [-0.2, -0.15) is 0 Å². The first-order chi connectivity index (χ1) is 8.18. The zero-order valence-electron chi connectivity index (χ0n) is 9.30. The average Bonchev–Trinajstić information content (AvgIpc) is 2.32. The highest BCUT2D eigenvalue weighted by atomic mass is 35.5. The van der Waals surface area contributed by atoms with Gasteiger partial charge >= 0.3 is 0 Å². The molecule has 0 amide bonds. The summed E-state index contributed by atoms with van der Waals surface area (Å²) in [6.07, 6.45) is 3.45. The van der Waals surface area contributed by atoms with Crippen LogP contribution < -0.4 is 5.73 Å². The van der Waals surface area contributed by atoms with E-state index in [2.05, 4.69) is 9.97 Å². The molecule has 0 aromatic carbocycles. The lowest BCUT2D eigenvalue weighted by Crippen LogP contribution is -2.07. The van der Waals surface area contributed by atoms with Crippen molar-refractivity contribution < 1.29 is 0 Å². The quantitative estimate of drug-likeness (QED) is 0.925. The summed E-state index contributed by atoms with van der Waals surface area (Å²) >= 11 is 7.50. The number of hydrogen-bond acceptors (Lipinski definition) is 4. The Morgan fingerprint density at radius 2 is 1.82 bits per heavy atom. The van der Waals surface area contributed by atoms with Gasteiger partial charge in [0.2, 0.25) is 0 Å². The molecule has 3 nitrogen and oxygen atoms in total. The SMILES string of the molecule is C[C@@H](N)c1cccnc1Sc1ncccc1Cl. The molecule has 0 bridgehead atoms. The van der Waals surface area contributed by atoms with Crippen molar-refractivity contribution >= 4 is 23.4 Å². The van der Waals surface area contributed by atoms with Crippen LogP contribution in [0.25, 0.3) is 0 Å². The van der Waals surface area contributed by atoms with Crippen molar-refractivity contribution in [1.82, 2.24) is 9.97 Å². The number of halogens is 1. The van der Waals surface area contributed by atoms with Crippen molar-refractivity contribution in [3.63, 3.8) is 0 Å². The molecule has 0 unspecified atom stereocenters. The maximum absolute atomic E-state index is 6.06. The van der Waals surface area contributed by atoms with Crippen LogP contribution in [0.1, 0.15) is 18.5 Å². The molecule has 17 heavy (non-hydrogen) atoms. The van der Waals surface area contributed by atoms with E-state index in [1.165, 1.54) is 11.8 Å². The van der Waals surface area contributed by atoms with Crippen LogP contribution in [0, 0.1) is 0 Å². The number of nitrogens with zero attached hydrogens (tertiary/aromatic N) is 2. The second-order valence-corrected chi connectivity index (χ2v) is 4.96. The summed E-state index contributed by atoms with van der Waals surface area (Å²) in [5, 5.41) is 2.22. The van der Waals surface area contributed by atoms with Crippen LogP contribution in [0.4, 0.5) is 0 Å². The average molecular weight is 266 g/mol. The summed E-state index contributed by atoms with van der Waals surface area (Å²) in [5.41, 5.74) is 6.90. The van der Waals surface area contributed by atoms with E-state index in [1.54, 1.807) is 18.5 Å². The third-order valence-corrected chi connectivity index (χ3v) is 3.68. The predicted molar refractivity (Wildman–Crippen MR) is 70.2 cm³/mol. The molecule has 88 valence electrons. The van der Waals surface area contributed by atoms with Gasteiger partial charge in [-0.15, -0.1) is 0 Å². The number of pyridine rings is 2. The number of nitrogens with two attached hydrogens (primary N) is 1. The van der Waals surface area contributed by atoms with Gasteiger partial charge in [-0.1, -0.05) is 17.7 Å². The second-order valence-electron chi connectivity index (χ2n) is 3.58. The molecule has 1 atom stereocenters. The van der Waals surface area contributed by atoms with Crippen molar-refractivity contribution in [3.05, 3.63) is 47.2 Å². The maximum Gasteiger partial charge on any atom is 0.121 e. The van der Waals surface area contributed by atoms with E-state index in [-0.39, 0.29) is 6.04 Å². The second kappa shape index (κ2) is 5.49. The highest BCUT2D eigenvalue weighted by Gasteiger charge is 2.11. The van der Waals surface area contributed by atoms with E-state index in [4.69, 9.17) is 17.3 Å². The van der Waals surface area contributed by atoms with Crippen LogP contribution in [0.3, 0.4) is 0 Å². The van der Waals surface area contributed by atoms with E-state index < -0.39 is 0 Å². The maximum atomic E-state index is 6.06. The Balaban J connectivity index is 2.34. The van der Waals surface area contributed by atoms with Crippen molar-refractivity contribution in [2.45, 2.75) is 23.0 Å². The Bertz CT molecular complexity index is 517. The molecular formula is C12H12ClN3S. The van der Waals surface area contributed by atoms with Gasteiger partial charge in [0.1, 0.15) is 10.1 Å². The fraction of sp³-hybridized carbons (Fsp3) is 0.167. The van der Waals surface area contributed by atoms with Crippen molar-refractivity contribution in [3.8, 4) is 0 Å². The third-order valence-electron chi connectivity index (χ3n) is 2.21. The Morgan fingerprint density at radius 3 is 2.47 bits per heavy atom. The van der Waals surface area contributed by atoms with Crippen molar-refractivity contribution in [2.75, 3.05) is 0 Å². The lowest BCUT2D eigenvalue weighted by atomic mass is 10.2. The lowest BCUT2D eigenvalue weighted by Gasteiger charge is -2.10. The fourth-order valence-corrected chi connectivity index (χ4v) is 2.56. The van der Waals surface area contributed by atoms with E-state index in [0.29, 0.717) is 5.02 Å².